The van der Waals surface area contributed by atoms with E-state index in [1.54, 1.807) is 0 Å². The van der Waals surface area contributed by atoms with Crippen molar-refractivity contribution in [3.05, 3.63) is 11.9 Å². The Hall–Kier alpha value is -0.860. The molecule has 0 bridgehead atoms. The predicted molar refractivity (Wildman–Crippen MR) is 52.4 cm³/mol. The van der Waals surface area contributed by atoms with Crippen molar-refractivity contribution >= 4 is 5.97 Å². The molecule has 0 amide bonds. The van der Waals surface area contributed by atoms with Gasteiger partial charge >= 0.3 is 5.97 Å². The van der Waals surface area contributed by atoms with Crippen molar-refractivity contribution < 1.29 is 13.9 Å². The first-order valence-corrected chi connectivity index (χ1v) is 5.16. The number of methoxy groups -OCH3 is 1. The smallest absolute Gasteiger partial charge is 0.333 e. The Kier molecular flexibility index (Phi) is 4.63. The number of rotatable bonds is 3. The maximum atomic E-state index is 13.2. The van der Waals surface area contributed by atoms with Crippen LogP contribution in [-0.2, 0) is 9.53 Å². The quantitative estimate of drug-likeness (QED) is 0.517. The van der Waals surface area contributed by atoms with Crippen LogP contribution in [0.2, 0.25) is 0 Å². The molecule has 1 aliphatic carbocycles. The molecule has 1 rings (SSSR count). The topological polar surface area (TPSA) is 26.3 Å². The zero-order chi connectivity index (χ0) is 10.4. The molecule has 80 valence electrons. The molecule has 14 heavy (non-hydrogen) atoms. The van der Waals surface area contributed by atoms with Gasteiger partial charge in [-0.1, -0.05) is 32.1 Å². The van der Waals surface area contributed by atoms with Gasteiger partial charge in [0.15, 0.2) is 0 Å². The Bertz CT molecular complexity index is 217. The van der Waals surface area contributed by atoms with Gasteiger partial charge in [-0.25, -0.2) is 9.18 Å². The van der Waals surface area contributed by atoms with Crippen LogP contribution < -0.4 is 0 Å². The fourth-order valence-corrected chi connectivity index (χ4v) is 1.91. The zero-order valence-corrected chi connectivity index (χ0v) is 8.59. The van der Waals surface area contributed by atoms with Gasteiger partial charge in [0.2, 0.25) is 0 Å². The van der Waals surface area contributed by atoms with Crippen molar-refractivity contribution in [1.82, 2.24) is 0 Å². The lowest BCUT2D eigenvalue weighted by Crippen LogP contribution is -2.07. The van der Waals surface area contributed by atoms with Gasteiger partial charge in [-0.2, -0.15) is 0 Å². The van der Waals surface area contributed by atoms with E-state index in [2.05, 4.69) is 4.74 Å². The van der Waals surface area contributed by atoms with Gasteiger partial charge in [0.1, 0.15) is 5.83 Å². The fraction of sp³-hybridized carbons (Fsp3) is 0.727. The highest BCUT2D eigenvalue weighted by Crippen LogP contribution is 2.29. The standard InChI is InChI=1S/C11H17FO2/c1-14-11(13)8-10(12)7-9-5-3-2-4-6-9/h8-9H,2-7H2,1H3/b10-8+. The molecule has 0 N–H and O–H groups in total. The molecule has 1 aliphatic rings. The Labute approximate surface area is 84.1 Å². The van der Waals surface area contributed by atoms with E-state index in [4.69, 9.17) is 0 Å². The molecule has 1 fully saturated rings. The Balaban J connectivity index is 2.34. The van der Waals surface area contributed by atoms with E-state index in [9.17, 15) is 9.18 Å². The summed E-state index contributed by atoms with van der Waals surface area (Å²) in [6, 6.07) is 0. The lowest BCUT2D eigenvalue weighted by molar-refractivity contribution is -0.135. The average Bonchev–Trinajstić information content (AvgIpc) is 2.19. The normalized spacial score (nSPS) is 19.4. The van der Waals surface area contributed by atoms with E-state index in [-0.39, 0.29) is 5.83 Å². The van der Waals surface area contributed by atoms with Crippen molar-refractivity contribution in [3.63, 3.8) is 0 Å². The number of ether oxygens (including phenoxy) is 1. The summed E-state index contributed by atoms with van der Waals surface area (Å²) in [6.07, 6.45) is 7.17. The summed E-state index contributed by atoms with van der Waals surface area (Å²) in [4.78, 5) is 10.7. The third-order valence-electron chi connectivity index (χ3n) is 2.68. The van der Waals surface area contributed by atoms with Crippen LogP contribution in [0, 0.1) is 5.92 Å². The number of esters is 1. The van der Waals surface area contributed by atoms with Crippen molar-refractivity contribution in [2.45, 2.75) is 38.5 Å². The zero-order valence-electron chi connectivity index (χ0n) is 8.59. The highest BCUT2D eigenvalue weighted by atomic mass is 19.1. The number of halogens is 1. The minimum Gasteiger partial charge on any atom is -0.466 e. The molecule has 0 saturated heterocycles. The molecule has 0 heterocycles. The van der Waals surface area contributed by atoms with Crippen molar-refractivity contribution in [2.24, 2.45) is 5.92 Å². The summed E-state index contributed by atoms with van der Waals surface area (Å²) < 4.78 is 17.5. The molecular formula is C11H17FO2. The van der Waals surface area contributed by atoms with Gasteiger partial charge in [0.25, 0.3) is 0 Å². The molecule has 0 aliphatic heterocycles. The Morgan fingerprint density at radius 2 is 2.07 bits per heavy atom. The minimum atomic E-state index is -0.599. The number of hydrogen-bond acceptors (Lipinski definition) is 2. The first kappa shape index (κ1) is 11.2. The first-order valence-electron chi connectivity index (χ1n) is 5.16. The summed E-state index contributed by atoms with van der Waals surface area (Å²) in [5.41, 5.74) is 0. The second-order valence-electron chi connectivity index (χ2n) is 3.82. The van der Waals surface area contributed by atoms with E-state index in [0.29, 0.717) is 12.3 Å². The molecule has 0 aromatic heterocycles. The van der Waals surface area contributed by atoms with Gasteiger partial charge in [-0.15, -0.1) is 0 Å². The third-order valence-corrected chi connectivity index (χ3v) is 2.68. The number of carbonyl (C=O) groups excluding carboxylic acids is 1. The highest BCUT2D eigenvalue weighted by Gasteiger charge is 2.15. The molecule has 0 aromatic rings. The number of allylic oxidation sites excluding steroid dienone is 1. The van der Waals surface area contributed by atoms with Crippen molar-refractivity contribution in [2.75, 3.05) is 7.11 Å². The van der Waals surface area contributed by atoms with Crippen LogP contribution in [0.3, 0.4) is 0 Å². The molecule has 0 radical (unpaired) electrons. The summed E-state index contributed by atoms with van der Waals surface area (Å²) in [6.45, 7) is 0. The summed E-state index contributed by atoms with van der Waals surface area (Å²) in [7, 11) is 1.26. The molecule has 3 heteroatoms. The molecule has 1 saturated carbocycles. The summed E-state index contributed by atoms with van der Waals surface area (Å²) in [5, 5.41) is 0. The monoisotopic (exact) mass is 200 g/mol. The molecular weight excluding hydrogens is 183 g/mol. The summed E-state index contributed by atoms with van der Waals surface area (Å²) in [5.74, 6) is -0.522. The SMILES string of the molecule is COC(=O)/C=C(/F)CC1CCCCC1. The minimum absolute atomic E-state index is 0.344. The second-order valence-corrected chi connectivity index (χ2v) is 3.82. The number of carbonyl (C=O) groups is 1. The van der Waals surface area contributed by atoms with E-state index in [0.717, 1.165) is 18.9 Å². The van der Waals surface area contributed by atoms with Crippen LogP contribution in [0.15, 0.2) is 11.9 Å². The van der Waals surface area contributed by atoms with Crippen LogP contribution in [0.4, 0.5) is 4.39 Å². The van der Waals surface area contributed by atoms with Gasteiger partial charge in [0.05, 0.1) is 13.2 Å². The van der Waals surface area contributed by atoms with E-state index >= 15 is 0 Å². The summed E-state index contributed by atoms with van der Waals surface area (Å²) >= 11 is 0. The number of hydrogen-bond donors (Lipinski definition) is 0. The maximum Gasteiger partial charge on any atom is 0.333 e. The average molecular weight is 200 g/mol. The van der Waals surface area contributed by atoms with Gasteiger partial charge in [-0.05, 0) is 5.92 Å². The Morgan fingerprint density at radius 1 is 1.43 bits per heavy atom. The molecule has 0 unspecified atom stereocenters. The van der Waals surface area contributed by atoms with E-state index in [1.165, 1.54) is 26.4 Å². The molecule has 2 nitrogen and oxygen atoms in total. The van der Waals surface area contributed by atoms with E-state index in [1.807, 2.05) is 0 Å². The van der Waals surface area contributed by atoms with Gasteiger partial charge < -0.3 is 4.74 Å². The third kappa shape index (κ3) is 3.90. The van der Waals surface area contributed by atoms with Crippen molar-refractivity contribution in [1.29, 1.82) is 0 Å². The van der Waals surface area contributed by atoms with Gasteiger partial charge in [0, 0.05) is 6.42 Å². The van der Waals surface area contributed by atoms with Crippen LogP contribution in [-0.4, -0.2) is 13.1 Å². The van der Waals surface area contributed by atoms with E-state index < -0.39 is 5.97 Å². The largest absolute Gasteiger partial charge is 0.466 e. The van der Waals surface area contributed by atoms with Crippen molar-refractivity contribution in [3.8, 4) is 0 Å². The molecule has 0 atom stereocenters. The second kappa shape index (κ2) is 5.78. The molecule has 0 aromatic carbocycles. The highest BCUT2D eigenvalue weighted by molar-refractivity contribution is 5.82. The van der Waals surface area contributed by atoms with Crippen LogP contribution in [0.1, 0.15) is 38.5 Å². The lowest BCUT2D eigenvalue weighted by atomic mass is 9.86. The van der Waals surface area contributed by atoms with Crippen LogP contribution in [0.25, 0.3) is 0 Å². The lowest BCUT2D eigenvalue weighted by Gasteiger charge is -2.20. The van der Waals surface area contributed by atoms with Gasteiger partial charge in [-0.3, -0.25) is 0 Å². The Morgan fingerprint density at radius 3 is 2.64 bits per heavy atom. The predicted octanol–water partition coefficient (Wildman–Crippen LogP) is 2.98. The fourth-order valence-electron chi connectivity index (χ4n) is 1.91. The van der Waals surface area contributed by atoms with Crippen LogP contribution in [0.5, 0.6) is 0 Å². The first-order chi connectivity index (χ1) is 6.72. The van der Waals surface area contributed by atoms with Crippen LogP contribution >= 0.6 is 0 Å². The molecule has 0 spiro atoms. The maximum absolute atomic E-state index is 13.2.